The van der Waals surface area contributed by atoms with Crippen molar-refractivity contribution in [1.82, 2.24) is 20.1 Å². The highest BCUT2D eigenvalue weighted by Crippen LogP contribution is 2.28. The highest BCUT2D eigenvalue weighted by atomic mass is 32.2. The van der Waals surface area contributed by atoms with Gasteiger partial charge in [0.15, 0.2) is 11.0 Å². The van der Waals surface area contributed by atoms with Crippen LogP contribution in [0.25, 0.3) is 10.7 Å². The highest BCUT2D eigenvalue weighted by molar-refractivity contribution is 7.99. The van der Waals surface area contributed by atoms with Crippen molar-refractivity contribution in [2.24, 2.45) is 0 Å². The molecule has 2 N–H and O–H groups in total. The van der Waals surface area contributed by atoms with Gasteiger partial charge in [0.2, 0.25) is 0 Å². The molecule has 0 bridgehead atoms. The summed E-state index contributed by atoms with van der Waals surface area (Å²) in [4.78, 5) is 1.14. The van der Waals surface area contributed by atoms with Crippen molar-refractivity contribution < 1.29 is 9.84 Å². The minimum absolute atomic E-state index is 0.169. The Morgan fingerprint density at radius 1 is 1.43 bits per heavy atom. The Morgan fingerprint density at radius 3 is 3.13 bits per heavy atom. The van der Waals surface area contributed by atoms with Crippen LogP contribution in [0.15, 0.2) is 22.7 Å². The molecule has 1 fully saturated rings. The predicted octanol–water partition coefficient (Wildman–Crippen LogP) is 1.86. The van der Waals surface area contributed by atoms with E-state index in [4.69, 9.17) is 9.84 Å². The molecule has 3 rings (SSSR count). The van der Waals surface area contributed by atoms with Crippen molar-refractivity contribution >= 4 is 23.1 Å². The van der Waals surface area contributed by atoms with Crippen LogP contribution in [0, 0.1) is 0 Å². The van der Waals surface area contributed by atoms with Crippen LogP contribution in [-0.4, -0.2) is 58.0 Å². The van der Waals surface area contributed by atoms with Crippen LogP contribution >= 0.6 is 23.1 Å². The minimum Gasteiger partial charge on any atom is -0.395 e. The van der Waals surface area contributed by atoms with E-state index in [0.29, 0.717) is 6.54 Å². The maximum Gasteiger partial charge on any atom is 0.191 e. The highest BCUT2D eigenvalue weighted by Gasteiger charge is 2.21. The number of nitrogens with zero attached hydrogens (tertiary/aromatic N) is 3. The van der Waals surface area contributed by atoms with Crippen LogP contribution < -0.4 is 5.32 Å². The zero-order valence-corrected chi connectivity index (χ0v) is 14.6. The smallest absolute Gasteiger partial charge is 0.191 e. The molecule has 1 atom stereocenters. The van der Waals surface area contributed by atoms with Crippen LogP contribution in [0.5, 0.6) is 0 Å². The van der Waals surface area contributed by atoms with Gasteiger partial charge >= 0.3 is 0 Å². The number of aliphatic hydroxyl groups is 1. The number of hydrogen-bond donors (Lipinski definition) is 2. The zero-order chi connectivity index (χ0) is 15.9. The fourth-order valence-electron chi connectivity index (χ4n) is 2.56. The van der Waals surface area contributed by atoms with Gasteiger partial charge in [-0.15, -0.1) is 21.5 Å². The van der Waals surface area contributed by atoms with Crippen molar-refractivity contribution in [3.63, 3.8) is 0 Å². The van der Waals surface area contributed by atoms with Crippen LogP contribution in [0.2, 0.25) is 0 Å². The molecule has 0 radical (unpaired) electrons. The first-order valence-corrected chi connectivity index (χ1v) is 9.78. The number of nitrogens with one attached hydrogen (secondary N) is 1. The number of aromatic nitrogens is 3. The van der Waals surface area contributed by atoms with Crippen molar-refractivity contribution in [3.8, 4) is 10.7 Å². The first-order chi connectivity index (χ1) is 11.4. The fraction of sp³-hybridized carbons (Fsp3) is 0.600. The number of aliphatic hydroxyl groups excluding tert-OH is 1. The lowest BCUT2D eigenvalue weighted by Gasteiger charge is -2.14. The first-order valence-electron chi connectivity index (χ1n) is 7.91. The number of ether oxygens (including phenoxy) is 1. The number of hydrogen-bond acceptors (Lipinski definition) is 7. The molecule has 23 heavy (non-hydrogen) atoms. The lowest BCUT2D eigenvalue weighted by atomic mass is 10.2. The lowest BCUT2D eigenvalue weighted by Crippen LogP contribution is -2.21. The third-order valence-corrected chi connectivity index (χ3v) is 5.50. The third-order valence-electron chi connectivity index (χ3n) is 3.67. The van der Waals surface area contributed by atoms with Gasteiger partial charge < -0.3 is 15.2 Å². The summed E-state index contributed by atoms with van der Waals surface area (Å²) >= 11 is 3.38. The third kappa shape index (κ3) is 4.54. The van der Waals surface area contributed by atoms with Crippen LogP contribution in [0.1, 0.15) is 12.8 Å². The Hall–Kier alpha value is -0.930. The predicted molar refractivity (Wildman–Crippen MR) is 93.0 cm³/mol. The van der Waals surface area contributed by atoms with Gasteiger partial charge in [-0.2, -0.15) is 0 Å². The van der Waals surface area contributed by atoms with Gasteiger partial charge in [-0.25, -0.2) is 0 Å². The van der Waals surface area contributed by atoms with Gasteiger partial charge in [-0.05, 0) is 24.3 Å². The van der Waals surface area contributed by atoms with Gasteiger partial charge in [0.05, 0.1) is 24.1 Å². The molecule has 1 aliphatic rings. The molecule has 1 unspecified atom stereocenters. The van der Waals surface area contributed by atoms with E-state index in [1.807, 2.05) is 6.07 Å². The van der Waals surface area contributed by atoms with Crippen molar-refractivity contribution in [2.75, 3.05) is 32.1 Å². The molecule has 3 heterocycles. The second kappa shape index (κ2) is 8.79. The van der Waals surface area contributed by atoms with Gasteiger partial charge in [-0.1, -0.05) is 17.8 Å². The molecule has 1 aliphatic heterocycles. The summed E-state index contributed by atoms with van der Waals surface area (Å²) in [6.45, 7) is 3.31. The van der Waals surface area contributed by atoms with E-state index in [1.165, 1.54) is 0 Å². The van der Waals surface area contributed by atoms with E-state index in [1.54, 1.807) is 23.1 Å². The Balaban J connectivity index is 1.70. The standard InChI is InChI=1S/C15H22N4O2S2/c20-7-5-16-6-10-23-15-18-17-14(13-4-2-9-22-13)19(15)11-12-3-1-8-21-12/h2,4,9,12,16,20H,1,3,5-8,10-11H2. The topological polar surface area (TPSA) is 72.2 Å². The Labute approximate surface area is 144 Å². The summed E-state index contributed by atoms with van der Waals surface area (Å²) in [6.07, 6.45) is 2.50. The van der Waals surface area contributed by atoms with E-state index in [9.17, 15) is 0 Å². The molecular weight excluding hydrogens is 332 g/mol. The van der Waals surface area contributed by atoms with Crippen LogP contribution in [0.4, 0.5) is 0 Å². The Bertz CT molecular complexity index is 582. The summed E-state index contributed by atoms with van der Waals surface area (Å²) in [5.41, 5.74) is 0. The normalized spacial score (nSPS) is 17.9. The molecule has 0 amide bonds. The number of thioether (sulfide) groups is 1. The summed E-state index contributed by atoms with van der Waals surface area (Å²) in [6, 6.07) is 4.12. The summed E-state index contributed by atoms with van der Waals surface area (Å²) in [5, 5.41) is 23.8. The summed E-state index contributed by atoms with van der Waals surface area (Å²) < 4.78 is 7.98. The van der Waals surface area contributed by atoms with Crippen LogP contribution in [0.3, 0.4) is 0 Å². The van der Waals surface area contributed by atoms with Gasteiger partial charge in [0, 0.05) is 25.4 Å². The quantitative estimate of drug-likeness (QED) is 0.529. The number of rotatable bonds is 9. The fourth-order valence-corrected chi connectivity index (χ4v) is 4.12. The van der Waals surface area contributed by atoms with E-state index in [2.05, 4.69) is 31.5 Å². The molecule has 1 saturated heterocycles. The van der Waals surface area contributed by atoms with E-state index < -0.39 is 0 Å². The largest absolute Gasteiger partial charge is 0.395 e. The molecule has 0 aliphatic carbocycles. The van der Waals surface area contributed by atoms with Gasteiger partial charge in [0.25, 0.3) is 0 Å². The van der Waals surface area contributed by atoms with Crippen molar-refractivity contribution in [2.45, 2.75) is 30.6 Å². The lowest BCUT2D eigenvalue weighted by molar-refractivity contribution is 0.0953. The Morgan fingerprint density at radius 2 is 2.39 bits per heavy atom. The maximum absolute atomic E-state index is 8.79. The van der Waals surface area contributed by atoms with Gasteiger partial charge in [0.1, 0.15) is 0 Å². The summed E-state index contributed by atoms with van der Waals surface area (Å²) in [7, 11) is 0. The monoisotopic (exact) mass is 354 g/mol. The molecule has 8 heteroatoms. The molecule has 0 spiro atoms. The van der Waals surface area contributed by atoms with Crippen LogP contribution in [-0.2, 0) is 11.3 Å². The van der Waals surface area contributed by atoms with E-state index in [-0.39, 0.29) is 12.7 Å². The Kier molecular flexibility index (Phi) is 6.46. The first kappa shape index (κ1) is 16.9. The number of thiophene rings is 1. The second-order valence-corrected chi connectivity index (χ2v) is 7.36. The molecule has 6 nitrogen and oxygen atoms in total. The molecule has 2 aromatic rings. The average molecular weight is 355 g/mol. The van der Waals surface area contributed by atoms with Crippen molar-refractivity contribution in [3.05, 3.63) is 17.5 Å². The van der Waals surface area contributed by atoms with Gasteiger partial charge in [-0.3, -0.25) is 4.57 Å². The minimum atomic E-state index is 0.169. The molecule has 126 valence electrons. The zero-order valence-electron chi connectivity index (χ0n) is 13.0. The molecule has 0 saturated carbocycles. The molecule has 2 aromatic heterocycles. The molecular formula is C15H22N4O2S2. The molecule has 0 aromatic carbocycles. The maximum atomic E-state index is 8.79. The van der Waals surface area contributed by atoms with E-state index in [0.717, 1.165) is 54.1 Å². The average Bonchev–Trinajstić information content (AvgIpc) is 3.29. The second-order valence-electron chi connectivity index (χ2n) is 5.35. The summed E-state index contributed by atoms with van der Waals surface area (Å²) in [5.74, 6) is 1.83. The van der Waals surface area contributed by atoms with Crippen molar-refractivity contribution in [1.29, 1.82) is 0 Å². The SMILES string of the molecule is OCCNCCSc1nnc(-c2cccs2)n1CC1CCCO1. The van der Waals surface area contributed by atoms with E-state index >= 15 is 0 Å².